The van der Waals surface area contributed by atoms with Gasteiger partial charge in [-0.1, -0.05) is 6.07 Å². The van der Waals surface area contributed by atoms with Crippen LogP contribution >= 0.6 is 0 Å². The number of carbonyl (C=O) groups is 2. The van der Waals surface area contributed by atoms with Crippen LogP contribution in [0.15, 0.2) is 18.2 Å². The minimum atomic E-state index is -0.225. The minimum Gasteiger partial charge on any atom is -0.491 e. The molecule has 2 amide bonds. The number of nitrogens with zero attached hydrogens (tertiary/aromatic N) is 3. The number of hydrogen-bond donors (Lipinski definition) is 0. The highest BCUT2D eigenvalue weighted by Crippen LogP contribution is 2.28. The van der Waals surface area contributed by atoms with Gasteiger partial charge < -0.3 is 24.0 Å². The van der Waals surface area contributed by atoms with Gasteiger partial charge in [0, 0.05) is 47.1 Å². The summed E-state index contributed by atoms with van der Waals surface area (Å²) in [5.74, 6) is 0.104. The zero-order chi connectivity index (χ0) is 22.4. The van der Waals surface area contributed by atoms with Crippen LogP contribution in [0.4, 0.5) is 0 Å². The normalized spacial score (nSPS) is 26.1. The van der Waals surface area contributed by atoms with Crippen LogP contribution in [0.3, 0.4) is 0 Å². The van der Waals surface area contributed by atoms with E-state index in [4.69, 9.17) is 14.2 Å². The molecular formula is C23H31N3O5. The Morgan fingerprint density at radius 3 is 2.71 bits per heavy atom. The van der Waals surface area contributed by atoms with Crippen LogP contribution in [0, 0.1) is 11.3 Å². The van der Waals surface area contributed by atoms with Gasteiger partial charge in [0.25, 0.3) is 5.91 Å². The molecule has 2 bridgehead atoms. The van der Waals surface area contributed by atoms with Gasteiger partial charge in [-0.3, -0.25) is 9.59 Å². The lowest BCUT2D eigenvalue weighted by Crippen LogP contribution is -2.47. The van der Waals surface area contributed by atoms with Gasteiger partial charge in [0.05, 0.1) is 29.9 Å². The highest BCUT2D eigenvalue weighted by Gasteiger charge is 2.33. The molecule has 1 fully saturated rings. The summed E-state index contributed by atoms with van der Waals surface area (Å²) >= 11 is 0. The lowest BCUT2D eigenvalue weighted by Gasteiger charge is -2.37. The topological polar surface area (TPSA) is 92.1 Å². The van der Waals surface area contributed by atoms with Crippen molar-refractivity contribution in [2.45, 2.75) is 50.4 Å². The Kier molecular flexibility index (Phi) is 7.88. The van der Waals surface area contributed by atoms with E-state index in [1.54, 1.807) is 49.2 Å². The van der Waals surface area contributed by atoms with E-state index in [-0.39, 0.29) is 30.1 Å². The van der Waals surface area contributed by atoms with Crippen molar-refractivity contribution in [1.29, 1.82) is 5.26 Å². The molecule has 2 heterocycles. The summed E-state index contributed by atoms with van der Waals surface area (Å²) in [5, 5.41) is 9.50. The molecule has 0 radical (unpaired) electrons. The molecule has 8 heteroatoms. The Labute approximate surface area is 183 Å². The third-order valence-corrected chi connectivity index (χ3v) is 6.02. The molecular weight excluding hydrogens is 398 g/mol. The highest BCUT2D eigenvalue weighted by molar-refractivity contribution is 5.97. The van der Waals surface area contributed by atoms with E-state index in [0.717, 1.165) is 12.8 Å². The Bertz CT molecular complexity index is 837. The Morgan fingerprint density at radius 1 is 1.16 bits per heavy atom. The summed E-state index contributed by atoms with van der Waals surface area (Å²) in [5.41, 5.74) is 0.693. The maximum Gasteiger partial charge on any atom is 0.257 e. The van der Waals surface area contributed by atoms with Gasteiger partial charge in [-0.15, -0.1) is 0 Å². The van der Waals surface area contributed by atoms with Crippen molar-refractivity contribution in [3.8, 4) is 11.8 Å². The second-order valence-corrected chi connectivity index (χ2v) is 8.18. The maximum absolute atomic E-state index is 13.0. The number of hydrogen-bond acceptors (Lipinski definition) is 6. The second kappa shape index (κ2) is 10.6. The van der Waals surface area contributed by atoms with Crippen LogP contribution in [0.25, 0.3) is 0 Å². The van der Waals surface area contributed by atoms with Crippen LogP contribution < -0.4 is 4.74 Å². The number of methoxy groups -OCH3 is 1. The van der Waals surface area contributed by atoms with Crippen LogP contribution in [-0.4, -0.2) is 80.8 Å². The molecule has 168 valence electrons. The fraction of sp³-hybridized carbons (Fsp3) is 0.609. The van der Waals surface area contributed by atoms with Gasteiger partial charge in [0.15, 0.2) is 0 Å². The molecule has 1 aromatic carbocycles. The van der Waals surface area contributed by atoms with Crippen LogP contribution in [0.1, 0.15) is 48.0 Å². The van der Waals surface area contributed by atoms with E-state index >= 15 is 0 Å². The third-order valence-electron chi connectivity index (χ3n) is 6.02. The summed E-state index contributed by atoms with van der Waals surface area (Å²) < 4.78 is 17.8. The van der Waals surface area contributed by atoms with Gasteiger partial charge >= 0.3 is 0 Å². The number of ether oxygens (including phenoxy) is 3. The molecule has 1 aromatic rings. The molecule has 2 aliphatic heterocycles. The van der Waals surface area contributed by atoms with Crippen LogP contribution in [0.2, 0.25) is 0 Å². The molecule has 8 nitrogen and oxygen atoms in total. The molecule has 0 aromatic heterocycles. The van der Waals surface area contributed by atoms with Crippen LogP contribution in [0.5, 0.6) is 5.75 Å². The van der Waals surface area contributed by atoms with Crippen molar-refractivity contribution < 1.29 is 23.8 Å². The SMILES string of the molecule is CO[C@@H]1CC[C@@H]2CCOc3c(C#N)cccc3C(=O)N(C)CCCC(=O)N(C)C[C@@H]1O2. The van der Waals surface area contributed by atoms with Crippen molar-refractivity contribution in [2.24, 2.45) is 0 Å². The molecule has 3 rings (SSSR count). The Hall–Kier alpha value is -2.63. The van der Waals surface area contributed by atoms with Gasteiger partial charge in [-0.05, 0) is 31.4 Å². The van der Waals surface area contributed by atoms with Gasteiger partial charge in [0.2, 0.25) is 5.91 Å². The molecule has 0 spiro atoms. The number of fused-ring (bicyclic) bond motifs is 3. The summed E-state index contributed by atoms with van der Waals surface area (Å²) in [6.07, 6.45) is 2.88. The first kappa shape index (κ1) is 23.0. The summed E-state index contributed by atoms with van der Waals surface area (Å²) in [6.45, 7) is 1.22. The number of nitriles is 1. The molecule has 2 aliphatic rings. The van der Waals surface area contributed by atoms with Gasteiger partial charge in [-0.2, -0.15) is 5.26 Å². The van der Waals surface area contributed by atoms with E-state index < -0.39 is 0 Å². The molecule has 3 atom stereocenters. The van der Waals surface area contributed by atoms with Gasteiger partial charge in [-0.25, -0.2) is 0 Å². The fourth-order valence-electron chi connectivity index (χ4n) is 4.16. The minimum absolute atomic E-state index is 0.0176. The summed E-state index contributed by atoms with van der Waals surface area (Å²) in [7, 11) is 5.15. The summed E-state index contributed by atoms with van der Waals surface area (Å²) in [4.78, 5) is 28.9. The highest BCUT2D eigenvalue weighted by atomic mass is 16.5. The number of amides is 2. The number of carbonyl (C=O) groups excluding carboxylic acids is 2. The van der Waals surface area contributed by atoms with E-state index in [1.807, 2.05) is 0 Å². The smallest absolute Gasteiger partial charge is 0.257 e. The molecule has 31 heavy (non-hydrogen) atoms. The van der Waals surface area contributed by atoms with E-state index in [0.29, 0.717) is 55.8 Å². The molecule has 1 saturated heterocycles. The maximum atomic E-state index is 13.0. The predicted molar refractivity (Wildman–Crippen MR) is 114 cm³/mol. The quantitative estimate of drug-likeness (QED) is 0.680. The molecule has 0 N–H and O–H groups in total. The third kappa shape index (κ3) is 5.54. The zero-order valence-electron chi connectivity index (χ0n) is 18.5. The first-order valence-electron chi connectivity index (χ1n) is 10.8. The standard InChI is InChI=1S/C23H31N3O5/c1-25-12-5-8-21(27)26(2)15-20-19(29-3)10-9-17(31-20)11-13-30-22-16(14-24)6-4-7-18(22)23(25)28/h4,6-7,17,19-20H,5,8-13,15H2,1-3H3/t17-,19-,20+/m1/s1. The lowest BCUT2D eigenvalue weighted by molar-refractivity contribution is -0.150. The van der Waals surface area contributed by atoms with E-state index in [2.05, 4.69) is 6.07 Å². The van der Waals surface area contributed by atoms with Crippen molar-refractivity contribution in [2.75, 3.05) is 40.9 Å². The average molecular weight is 430 g/mol. The number of benzene rings is 1. The molecule has 0 unspecified atom stereocenters. The number of para-hydroxylation sites is 1. The monoisotopic (exact) mass is 429 g/mol. The average Bonchev–Trinajstić information content (AvgIpc) is 2.78. The van der Waals surface area contributed by atoms with E-state index in [1.165, 1.54) is 0 Å². The first-order chi connectivity index (χ1) is 14.9. The molecule has 0 aliphatic carbocycles. The number of likely N-dealkylation sites (N-methyl/N-ethyl adjacent to an activating group) is 1. The van der Waals surface area contributed by atoms with Gasteiger partial charge in [0.1, 0.15) is 17.9 Å². The van der Waals surface area contributed by atoms with Crippen molar-refractivity contribution in [1.82, 2.24) is 9.80 Å². The largest absolute Gasteiger partial charge is 0.491 e. The predicted octanol–water partition coefficient (Wildman–Crippen LogP) is 2.21. The van der Waals surface area contributed by atoms with E-state index in [9.17, 15) is 14.9 Å². The zero-order valence-corrected chi connectivity index (χ0v) is 18.5. The van der Waals surface area contributed by atoms with Crippen molar-refractivity contribution in [3.63, 3.8) is 0 Å². The summed E-state index contributed by atoms with van der Waals surface area (Å²) in [6, 6.07) is 7.12. The second-order valence-electron chi connectivity index (χ2n) is 8.18. The lowest BCUT2D eigenvalue weighted by atomic mass is 9.98. The Morgan fingerprint density at radius 2 is 1.97 bits per heavy atom. The van der Waals surface area contributed by atoms with Crippen LogP contribution in [-0.2, 0) is 14.3 Å². The van der Waals surface area contributed by atoms with Crippen molar-refractivity contribution >= 4 is 11.8 Å². The number of rotatable bonds is 1. The molecule has 0 saturated carbocycles. The fourth-order valence-corrected chi connectivity index (χ4v) is 4.16. The first-order valence-corrected chi connectivity index (χ1v) is 10.8. The Balaban J connectivity index is 1.85. The van der Waals surface area contributed by atoms with Crippen molar-refractivity contribution in [3.05, 3.63) is 29.3 Å².